The van der Waals surface area contributed by atoms with Crippen LogP contribution in [-0.4, -0.2) is 9.13 Å². The smallest absolute Gasteiger partial charge is 0.297 e. The lowest BCUT2D eigenvalue weighted by atomic mass is 10.0. The molecule has 2 aromatic rings. The van der Waals surface area contributed by atoms with E-state index in [1.807, 2.05) is 29.7 Å². The highest BCUT2D eigenvalue weighted by Crippen LogP contribution is 2.13. The van der Waals surface area contributed by atoms with Gasteiger partial charge in [0.25, 0.3) is 5.56 Å². The van der Waals surface area contributed by atoms with E-state index in [9.17, 15) is 9.59 Å². The molecule has 0 bridgehead atoms. The van der Waals surface area contributed by atoms with Gasteiger partial charge in [0.2, 0.25) is 0 Å². The maximum atomic E-state index is 13.2. The van der Waals surface area contributed by atoms with Gasteiger partial charge in [-0.15, -0.1) is 0 Å². The van der Waals surface area contributed by atoms with E-state index in [2.05, 4.69) is 26.0 Å². The lowest BCUT2D eigenvalue weighted by Gasteiger charge is -2.19. The quantitative estimate of drug-likeness (QED) is 0.545. The molecule has 1 aromatic carbocycles. The van der Waals surface area contributed by atoms with Crippen LogP contribution < -0.4 is 11.2 Å². The minimum Gasteiger partial charge on any atom is -0.297 e. The Morgan fingerprint density at radius 3 is 1.93 bits per heavy atom. The third-order valence-corrected chi connectivity index (χ3v) is 5.18. The normalized spacial score (nSPS) is 11.1. The molecule has 0 fully saturated rings. The highest BCUT2D eigenvalue weighted by atomic mass is 16.2. The van der Waals surface area contributed by atoms with Gasteiger partial charge in [0.1, 0.15) is 0 Å². The van der Waals surface area contributed by atoms with Crippen molar-refractivity contribution in [3.05, 3.63) is 68.0 Å². The molecule has 148 valence electrons. The first kappa shape index (κ1) is 21.2. The highest BCUT2D eigenvalue weighted by Gasteiger charge is 2.18. The Kier molecular flexibility index (Phi) is 8.56. The molecule has 0 spiro atoms. The Morgan fingerprint density at radius 2 is 1.37 bits per heavy atom. The Morgan fingerprint density at radius 1 is 0.778 bits per heavy atom. The summed E-state index contributed by atoms with van der Waals surface area (Å²) in [6.45, 7) is 7.53. The van der Waals surface area contributed by atoms with Crippen LogP contribution in [0.15, 0.2) is 39.9 Å². The van der Waals surface area contributed by atoms with Crippen molar-refractivity contribution in [1.82, 2.24) is 9.13 Å². The van der Waals surface area contributed by atoms with Crippen LogP contribution in [0.25, 0.3) is 0 Å². The molecule has 0 amide bonds. The Balaban J connectivity index is 2.53. The summed E-state index contributed by atoms with van der Waals surface area (Å²) >= 11 is 0. The zero-order chi connectivity index (χ0) is 19.6. The van der Waals surface area contributed by atoms with Crippen LogP contribution in [0, 0.1) is 0 Å². The van der Waals surface area contributed by atoms with Crippen molar-refractivity contribution in [2.24, 2.45) is 0 Å². The Labute approximate surface area is 162 Å². The predicted molar refractivity (Wildman–Crippen MR) is 113 cm³/mol. The summed E-state index contributed by atoms with van der Waals surface area (Å²) in [4.78, 5) is 26.2. The second-order valence-corrected chi connectivity index (χ2v) is 7.25. The maximum Gasteiger partial charge on any atom is 0.331 e. The van der Waals surface area contributed by atoms with Gasteiger partial charge in [0.05, 0.1) is 0 Å². The second-order valence-electron chi connectivity index (χ2n) is 7.25. The summed E-state index contributed by atoms with van der Waals surface area (Å²) in [6.07, 6.45) is 7.45. The first-order valence-electron chi connectivity index (χ1n) is 10.5. The van der Waals surface area contributed by atoms with Gasteiger partial charge >= 0.3 is 5.69 Å². The summed E-state index contributed by atoms with van der Waals surface area (Å²) in [5.74, 6) is 0. The molecule has 1 aromatic heterocycles. The number of rotatable bonds is 11. The molecule has 0 aliphatic rings. The van der Waals surface area contributed by atoms with Crippen molar-refractivity contribution in [1.29, 1.82) is 0 Å². The van der Waals surface area contributed by atoms with Crippen LogP contribution in [0.3, 0.4) is 0 Å². The second kappa shape index (κ2) is 10.9. The number of unbranched alkanes of at least 4 members (excludes halogenated alkanes) is 4. The standard InChI is InChI=1S/C23H34N2O2/c1-4-7-12-16-24-21(18-19-14-10-9-11-15-19)20(6-3)22(26)25(23(24)27)17-13-8-5-2/h9-11,14-15H,4-8,12-13,16-18H2,1-3H3. The van der Waals surface area contributed by atoms with E-state index >= 15 is 0 Å². The van der Waals surface area contributed by atoms with Gasteiger partial charge in [0, 0.05) is 30.8 Å². The molecule has 0 aliphatic heterocycles. The monoisotopic (exact) mass is 370 g/mol. The van der Waals surface area contributed by atoms with Crippen LogP contribution in [-0.2, 0) is 25.9 Å². The van der Waals surface area contributed by atoms with Gasteiger partial charge in [-0.05, 0) is 24.8 Å². The molecule has 4 heteroatoms. The van der Waals surface area contributed by atoms with Crippen LogP contribution in [0.2, 0.25) is 0 Å². The van der Waals surface area contributed by atoms with Gasteiger partial charge in [-0.3, -0.25) is 13.9 Å². The van der Waals surface area contributed by atoms with Crippen LogP contribution in [0.5, 0.6) is 0 Å². The lowest BCUT2D eigenvalue weighted by molar-refractivity contribution is 0.486. The average Bonchev–Trinajstić information content (AvgIpc) is 2.68. The van der Waals surface area contributed by atoms with E-state index in [1.165, 1.54) is 4.57 Å². The molecule has 0 saturated heterocycles. The van der Waals surface area contributed by atoms with E-state index < -0.39 is 0 Å². The lowest BCUT2D eigenvalue weighted by Crippen LogP contribution is -2.44. The molecule has 1 heterocycles. The van der Waals surface area contributed by atoms with Crippen LogP contribution in [0.1, 0.15) is 76.1 Å². The Bertz CT molecular complexity index is 819. The van der Waals surface area contributed by atoms with Crippen molar-refractivity contribution in [3.8, 4) is 0 Å². The zero-order valence-electron chi connectivity index (χ0n) is 17.2. The van der Waals surface area contributed by atoms with Crippen LogP contribution >= 0.6 is 0 Å². The summed E-state index contributed by atoms with van der Waals surface area (Å²) in [5, 5.41) is 0. The molecule has 0 unspecified atom stereocenters. The number of aromatic nitrogens is 2. The zero-order valence-corrected chi connectivity index (χ0v) is 17.2. The van der Waals surface area contributed by atoms with E-state index in [1.54, 1.807) is 0 Å². The van der Waals surface area contributed by atoms with E-state index in [-0.39, 0.29) is 11.2 Å². The molecule has 0 radical (unpaired) electrons. The number of benzene rings is 1. The Hall–Kier alpha value is -2.10. The van der Waals surface area contributed by atoms with E-state index in [0.29, 0.717) is 25.9 Å². The third-order valence-electron chi connectivity index (χ3n) is 5.18. The fourth-order valence-electron chi connectivity index (χ4n) is 3.61. The first-order chi connectivity index (χ1) is 13.1. The van der Waals surface area contributed by atoms with Gasteiger partial charge < -0.3 is 0 Å². The van der Waals surface area contributed by atoms with Gasteiger partial charge in [-0.25, -0.2) is 4.79 Å². The first-order valence-corrected chi connectivity index (χ1v) is 10.5. The minimum absolute atomic E-state index is 0.0868. The molecule has 27 heavy (non-hydrogen) atoms. The fourth-order valence-corrected chi connectivity index (χ4v) is 3.61. The summed E-state index contributed by atoms with van der Waals surface area (Å²) < 4.78 is 3.36. The molecule has 0 N–H and O–H groups in total. The SMILES string of the molecule is CCCCCn1c(Cc2ccccc2)c(CC)c(=O)n(CCCCC)c1=O. The molecule has 0 atom stereocenters. The van der Waals surface area contributed by atoms with Crippen molar-refractivity contribution in [2.45, 2.75) is 85.2 Å². The number of hydrogen-bond donors (Lipinski definition) is 0. The topological polar surface area (TPSA) is 44.0 Å². The van der Waals surface area contributed by atoms with Crippen molar-refractivity contribution < 1.29 is 0 Å². The minimum atomic E-state index is -0.129. The highest BCUT2D eigenvalue weighted by molar-refractivity contribution is 5.27. The third kappa shape index (κ3) is 5.44. The van der Waals surface area contributed by atoms with E-state index in [4.69, 9.17) is 0 Å². The fraction of sp³-hybridized carbons (Fsp3) is 0.565. The molecular formula is C23H34N2O2. The molecular weight excluding hydrogens is 336 g/mol. The summed E-state index contributed by atoms with van der Waals surface area (Å²) in [7, 11) is 0. The maximum absolute atomic E-state index is 13.2. The van der Waals surface area contributed by atoms with Crippen molar-refractivity contribution >= 4 is 0 Å². The molecule has 4 nitrogen and oxygen atoms in total. The predicted octanol–water partition coefficient (Wildman–Crippen LogP) is 4.54. The van der Waals surface area contributed by atoms with E-state index in [0.717, 1.165) is 55.3 Å². The average molecular weight is 371 g/mol. The van der Waals surface area contributed by atoms with Gasteiger partial charge in [-0.2, -0.15) is 0 Å². The molecule has 2 rings (SSSR count). The van der Waals surface area contributed by atoms with Gasteiger partial charge in [0.15, 0.2) is 0 Å². The summed E-state index contributed by atoms with van der Waals surface area (Å²) in [6, 6.07) is 10.1. The molecule has 0 saturated carbocycles. The van der Waals surface area contributed by atoms with Gasteiger partial charge in [-0.1, -0.05) is 76.8 Å². The van der Waals surface area contributed by atoms with Crippen molar-refractivity contribution in [3.63, 3.8) is 0 Å². The van der Waals surface area contributed by atoms with Crippen molar-refractivity contribution in [2.75, 3.05) is 0 Å². The largest absolute Gasteiger partial charge is 0.331 e. The summed E-state index contributed by atoms with van der Waals surface area (Å²) in [5.41, 5.74) is 2.62. The van der Waals surface area contributed by atoms with Crippen LogP contribution in [0.4, 0.5) is 0 Å². The number of hydrogen-bond acceptors (Lipinski definition) is 2. The molecule has 0 aliphatic carbocycles. The number of nitrogens with zero attached hydrogens (tertiary/aromatic N) is 2.